The Hall–Kier alpha value is -1.46. The fraction of sp³-hybridized carbons (Fsp3) is 0.538. The van der Waals surface area contributed by atoms with Crippen molar-refractivity contribution >= 4 is 5.69 Å². The van der Waals surface area contributed by atoms with Gasteiger partial charge in [-0.15, -0.1) is 0 Å². The third-order valence-corrected chi connectivity index (χ3v) is 3.07. The first kappa shape index (κ1) is 13.0. The molecule has 5 heteroatoms. The van der Waals surface area contributed by atoms with Crippen LogP contribution < -0.4 is 0 Å². The average Bonchev–Trinajstić information content (AvgIpc) is 2.37. The van der Waals surface area contributed by atoms with Crippen molar-refractivity contribution in [2.24, 2.45) is 0 Å². The fourth-order valence-corrected chi connectivity index (χ4v) is 2.12. The van der Waals surface area contributed by atoms with Crippen LogP contribution in [0.15, 0.2) is 18.2 Å². The molecule has 0 bridgehead atoms. The van der Waals surface area contributed by atoms with Crippen molar-refractivity contribution in [2.75, 3.05) is 6.61 Å². The van der Waals surface area contributed by atoms with Crippen LogP contribution >= 0.6 is 0 Å². The summed E-state index contributed by atoms with van der Waals surface area (Å²) in [7, 11) is 0. The fourth-order valence-electron chi connectivity index (χ4n) is 2.12. The van der Waals surface area contributed by atoms with Crippen molar-refractivity contribution in [3.05, 3.63) is 39.4 Å². The topological polar surface area (TPSA) is 61.6 Å². The molecule has 0 N–H and O–H groups in total. The normalized spacial score (nSPS) is 19.7. The number of aryl methyl sites for hydroxylation is 1. The van der Waals surface area contributed by atoms with Crippen LogP contribution in [-0.4, -0.2) is 17.8 Å². The molecule has 98 valence electrons. The minimum absolute atomic E-state index is 0.147. The number of hydrogen-bond donors (Lipinski definition) is 0. The van der Waals surface area contributed by atoms with E-state index in [2.05, 4.69) is 0 Å². The summed E-state index contributed by atoms with van der Waals surface area (Å²) in [5, 5.41) is 11.0. The van der Waals surface area contributed by atoms with E-state index in [9.17, 15) is 10.1 Å². The largest absolute Gasteiger partial charge is 0.353 e. The highest BCUT2D eigenvalue weighted by Gasteiger charge is 2.19. The molecule has 0 aromatic heterocycles. The van der Waals surface area contributed by atoms with Crippen molar-refractivity contribution in [2.45, 2.75) is 39.1 Å². The zero-order valence-corrected chi connectivity index (χ0v) is 10.4. The molecule has 2 rings (SSSR count). The number of hydrogen-bond acceptors (Lipinski definition) is 4. The third kappa shape index (κ3) is 3.05. The zero-order valence-electron chi connectivity index (χ0n) is 10.4. The highest BCUT2D eigenvalue weighted by atomic mass is 16.7. The van der Waals surface area contributed by atoms with Gasteiger partial charge in [-0.3, -0.25) is 10.1 Å². The van der Waals surface area contributed by atoms with Crippen molar-refractivity contribution in [1.82, 2.24) is 0 Å². The van der Waals surface area contributed by atoms with Gasteiger partial charge < -0.3 is 9.47 Å². The molecule has 0 spiro atoms. The van der Waals surface area contributed by atoms with Gasteiger partial charge in [0.05, 0.1) is 17.1 Å². The van der Waals surface area contributed by atoms with Gasteiger partial charge in [0, 0.05) is 12.2 Å². The molecule has 0 radical (unpaired) electrons. The lowest BCUT2D eigenvalue weighted by atomic mass is 10.1. The van der Waals surface area contributed by atoms with Gasteiger partial charge in [0.2, 0.25) is 0 Å². The predicted octanol–water partition coefficient (Wildman–Crippen LogP) is 2.95. The second kappa shape index (κ2) is 5.93. The smallest absolute Gasteiger partial charge is 0.277 e. The molecule has 1 aromatic rings. The predicted molar refractivity (Wildman–Crippen MR) is 66.2 cm³/mol. The molecule has 1 unspecified atom stereocenters. The van der Waals surface area contributed by atoms with E-state index in [0.29, 0.717) is 17.7 Å². The van der Waals surface area contributed by atoms with Crippen LogP contribution in [0.25, 0.3) is 0 Å². The van der Waals surface area contributed by atoms with Crippen LogP contribution in [0.3, 0.4) is 0 Å². The van der Waals surface area contributed by atoms with Crippen LogP contribution in [0.5, 0.6) is 0 Å². The molecule has 1 atom stereocenters. The maximum atomic E-state index is 11.0. The van der Waals surface area contributed by atoms with Crippen molar-refractivity contribution in [3.8, 4) is 0 Å². The zero-order chi connectivity index (χ0) is 13.0. The van der Waals surface area contributed by atoms with E-state index in [4.69, 9.17) is 9.47 Å². The quantitative estimate of drug-likeness (QED) is 0.609. The first-order valence-electron chi connectivity index (χ1n) is 6.14. The summed E-state index contributed by atoms with van der Waals surface area (Å²) in [6.07, 6.45) is 2.78. The van der Waals surface area contributed by atoms with E-state index in [1.807, 2.05) is 6.07 Å². The summed E-state index contributed by atoms with van der Waals surface area (Å²) in [4.78, 5) is 10.7. The van der Waals surface area contributed by atoms with Crippen molar-refractivity contribution in [1.29, 1.82) is 0 Å². The summed E-state index contributed by atoms with van der Waals surface area (Å²) in [6, 6.07) is 5.27. The molecule has 1 fully saturated rings. The van der Waals surface area contributed by atoms with E-state index < -0.39 is 0 Å². The Bertz CT molecular complexity index is 427. The SMILES string of the molecule is Cc1cccc(COC2CCCCO2)c1[N+](=O)[O-]. The minimum atomic E-state index is -0.351. The molecule has 0 saturated carbocycles. The highest BCUT2D eigenvalue weighted by molar-refractivity contribution is 5.46. The Morgan fingerprint density at radius 1 is 1.50 bits per heavy atom. The Kier molecular flexibility index (Phi) is 4.28. The number of benzene rings is 1. The number of rotatable bonds is 4. The van der Waals surface area contributed by atoms with E-state index in [-0.39, 0.29) is 23.5 Å². The second-order valence-corrected chi connectivity index (χ2v) is 4.45. The lowest BCUT2D eigenvalue weighted by Crippen LogP contribution is -2.22. The van der Waals surface area contributed by atoms with Gasteiger partial charge in [-0.2, -0.15) is 0 Å². The molecular formula is C13H17NO4. The molecule has 0 amide bonds. The van der Waals surface area contributed by atoms with Gasteiger partial charge in [-0.05, 0) is 32.3 Å². The van der Waals surface area contributed by atoms with Gasteiger partial charge in [0.15, 0.2) is 6.29 Å². The van der Waals surface area contributed by atoms with E-state index in [0.717, 1.165) is 19.3 Å². The number of nitro groups is 1. The lowest BCUT2D eigenvalue weighted by Gasteiger charge is -2.22. The van der Waals surface area contributed by atoms with Crippen LogP contribution in [0.1, 0.15) is 30.4 Å². The average molecular weight is 251 g/mol. The first-order chi connectivity index (χ1) is 8.68. The van der Waals surface area contributed by atoms with E-state index in [1.54, 1.807) is 19.1 Å². The Labute approximate surface area is 106 Å². The lowest BCUT2D eigenvalue weighted by molar-refractivity contribution is -0.386. The highest BCUT2D eigenvalue weighted by Crippen LogP contribution is 2.25. The summed E-state index contributed by atoms with van der Waals surface area (Å²) < 4.78 is 11.0. The van der Waals surface area contributed by atoms with Crippen LogP contribution in [0.2, 0.25) is 0 Å². The number of nitro benzene ring substituents is 1. The van der Waals surface area contributed by atoms with Crippen molar-refractivity contribution in [3.63, 3.8) is 0 Å². The maximum Gasteiger partial charge on any atom is 0.277 e. The molecule has 5 nitrogen and oxygen atoms in total. The van der Waals surface area contributed by atoms with E-state index in [1.165, 1.54) is 0 Å². The molecule has 1 aromatic carbocycles. The summed E-state index contributed by atoms with van der Waals surface area (Å²) in [5.74, 6) is 0. The third-order valence-electron chi connectivity index (χ3n) is 3.07. The maximum absolute atomic E-state index is 11.0. The number of nitrogens with zero attached hydrogens (tertiary/aromatic N) is 1. The van der Waals surface area contributed by atoms with Crippen molar-refractivity contribution < 1.29 is 14.4 Å². The number of ether oxygens (including phenoxy) is 2. The van der Waals surface area contributed by atoms with Crippen LogP contribution in [0.4, 0.5) is 5.69 Å². The Balaban J connectivity index is 2.04. The monoisotopic (exact) mass is 251 g/mol. The molecule has 18 heavy (non-hydrogen) atoms. The molecule has 1 saturated heterocycles. The summed E-state index contributed by atoms with van der Waals surface area (Å²) >= 11 is 0. The van der Waals surface area contributed by atoms with Gasteiger partial charge in [0.25, 0.3) is 5.69 Å². The van der Waals surface area contributed by atoms with Gasteiger partial charge in [0.1, 0.15) is 0 Å². The van der Waals surface area contributed by atoms with Crippen LogP contribution in [-0.2, 0) is 16.1 Å². The molecule has 1 aliphatic rings. The number of para-hydroxylation sites is 1. The second-order valence-electron chi connectivity index (χ2n) is 4.45. The molecular weight excluding hydrogens is 234 g/mol. The van der Waals surface area contributed by atoms with E-state index >= 15 is 0 Å². The van der Waals surface area contributed by atoms with Gasteiger partial charge in [-0.25, -0.2) is 0 Å². The standard InChI is InChI=1S/C13H17NO4/c1-10-5-4-6-11(13(10)14(15)16)9-18-12-7-2-3-8-17-12/h4-6,12H,2-3,7-9H2,1H3. The summed E-state index contributed by atoms with van der Waals surface area (Å²) in [5.41, 5.74) is 1.41. The Morgan fingerprint density at radius 2 is 2.33 bits per heavy atom. The first-order valence-corrected chi connectivity index (χ1v) is 6.14. The molecule has 1 heterocycles. The summed E-state index contributed by atoms with van der Waals surface area (Å²) in [6.45, 7) is 2.67. The molecule has 1 aliphatic heterocycles. The minimum Gasteiger partial charge on any atom is -0.353 e. The van der Waals surface area contributed by atoms with Crippen LogP contribution in [0, 0.1) is 17.0 Å². The Morgan fingerprint density at radius 3 is 3.00 bits per heavy atom. The molecule has 0 aliphatic carbocycles. The van der Waals surface area contributed by atoms with Gasteiger partial charge >= 0.3 is 0 Å². The van der Waals surface area contributed by atoms with Gasteiger partial charge in [-0.1, -0.05) is 12.1 Å².